The summed E-state index contributed by atoms with van der Waals surface area (Å²) in [4.78, 5) is 2.78. The van der Waals surface area contributed by atoms with Gasteiger partial charge in [-0.3, -0.25) is 4.68 Å². The number of aromatic nitrogens is 2. The molecule has 3 heterocycles. The Bertz CT molecular complexity index is 566. The summed E-state index contributed by atoms with van der Waals surface area (Å²) in [7, 11) is 1.98. The molecule has 0 aromatic carbocycles. The van der Waals surface area contributed by atoms with Crippen LogP contribution in [0.3, 0.4) is 0 Å². The van der Waals surface area contributed by atoms with Crippen LogP contribution in [0.2, 0.25) is 0 Å². The first kappa shape index (κ1) is 18.5. The van der Waals surface area contributed by atoms with E-state index >= 15 is 0 Å². The predicted molar refractivity (Wildman–Crippen MR) is 104 cm³/mol. The van der Waals surface area contributed by atoms with Crippen LogP contribution in [-0.2, 0) is 11.8 Å². The maximum atomic E-state index is 6.13. The van der Waals surface area contributed by atoms with Crippen molar-refractivity contribution >= 4 is 0 Å². The molecule has 1 aliphatic carbocycles. The molecule has 146 valence electrons. The quantitative estimate of drug-likeness (QED) is 0.895. The van der Waals surface area contributed by atoms with Crippen LogP contribution in [0.5, 0.6) is 0 Å². The van der Waals surface area contributed by atoms with E-state index in [0.717, 1.165) is 25.0 Å². The van der Waals surface area contributed by atoms with Crippen molar-refractivity contribution in [1.82, 2.24) is 20.0 Å². The molecule has 0 bridgehead atoms. The second kappa shape index (κ2) is 8.41. The second-order valence-corrected chi connectivity index (χ2v) is 8.89. The van der Waals surface area contributed by atoms with E-state index in [0.29, 0.717) is 12.1 Å². The highest BCUT2D eigenvalue weighted by Gasteiger charge is 2.33. The van der Waals surface area contributed by atoms with E-state index in [4.69, 9.17) is 4.74 Å². The molecule has 3 fully saturated rings. The molecule has 3 aliphatic rings. The molecule has 0 radical (unpaired) electrons. The van der Waals surface area contributed by atoms with Gasteiger partial charge in [-0.2, -0.15) is 5.10 Å². The minimum Gasteiger partial charge on any atom is -0.372 e. The lowest BCUT2D eigenvalue weighted by Crippen LogP contribution is -2.51. The number of nitrogens with one attached hydrogen (secondary N) is 1. The number of rotatable bonds is 4. The Morgan fingerprint density at radius 1 is 1.12 bits per heavy atom. The zero-order valence-corrected chi connectivity index (χ0v) is 16.6. The normalized spacial score (nSPS) is 34.8. The largest absolute Gasteiger partial charge is 0.372 e. The van der Waals surface area contributed by atoms with Crippen molar-refractivity contribution in [2.24, 2.45) is 13.0 Å². The minimum atomic E-state index is 0.162. The molecule has 1 N–H and O–H groups in total. The highest BCUT2D eigenvalue weighted by atomic mass is 16.5. The standard InChI is InChI=1S/C21H36N4O/c1-16-5-3-6-19(13-16)25-10-8-18(9-11-25)23-20-7-4-12-26-21(20)17-14-22-24(2)15-17/h14-16,18-21,23H,3-13H2,1-2H3/t16-,19+,20+,21-/m1/s1. The van der Waals surface area contributed by atoms with Gasteiger partial charge < -0.3 is 15.0 Å². The van der Waals surface area contributed by atoms with Gasteiger partial charge in [0, 0.05) is 43.5 Å². The molecule has 4 atom stereocenters. The smallest absolute Gasteiger partial charge is 0.101 e. The van der Waals surface area contributed by atoms with Crippen molar-refractivity contribution < 1.29 is 4.74 Å². The van der Waals surface area contributed by atoms with Crippen molar-refractivity contribution in [3.63, 3.8) is 0 Å². The van der Waals surface area contributed by atoms with E-state index in [-0.39, 0.29) is 6.10 Å². The number of hydrogen-bond donors (Lipinski definition) is 1. The summed E-state index contributed by atoms with van der Waals surface area (Å²) in [6, 6.07) is 1.91. The average molecular weight is 361 g/mol. The number of ether oxygens (including phenoxy) is 1. The first-order chi connectivity index (χ1) is 12.7. The molecule has 4 rings (SSSR count). The first-order valence-electron chi connectivity index (χ1n) is 10.8. The van der Waals surface area contributed by atoms with Gasteiger partial charge in [-0.15, -0.1) is 0 Å². The number of aryl methyl sites for hydroxylation is 1. The Balaban J connectivity index is 1.30. The Morgan fingerprint density at radius 2 is 1.96 bits per heavy atom. The molecule has 1 aromatic heterocycles. The third kappa shape index (κ3) is 4.32. The van der Waals surface area contributed by atoms with E-state index < -0.39 is 0 Å². The summed E-state index contributed by atoms with van der Waals surface area (Å²) in [5.41, 5.74) is 1.22. The van der Waals surface area contributed by atoms with E-state index in [1.165, 1.54) is 63.6 Å². The summed E-state index contributed by atoms with van der Waals surface area (Å²) in [5.74, 6) is 0.921. The Morgan fingerprint density at radius 3 is 2.69 bits per heavy atom. The maximum absolute atomic E-state index is 6.13. The fourth-order valence-corrected chi connectivity index (χ4v) is 5.34. The van der Waals surface area contributed by atoms with Crippen molar-refractivity contribution in [1.29, 1.82) is 0 Å². The number of piperidine rings is 1. The highest BCUT2D eigenvalue weighted by Crippen LogP contribution is 2.31. The molecule has 5 nitrogen and oxygen atoms in total. The summed E-state index contributed by atoms with van der Waals surface area (Å²) < 4.78 is 8.02. The average Bonchev–Trinajstić information content (AvgIpc) is 3.09. The van der Waals surface area contributed by atoms with Gasteiger partial charge in [-0.1, -0.05) is 19.8 Å². The number of hydrogen-bond acceptors (Lipinski definition) is 4. The molecule has 2 saturated heterocycles. The van der Waals surface area contributed by atoms with Crippen LogP contribution in [0.15, 0.2) is 12.4 Å². The third-order valence-electron chi connectivity index (χ3n) is 6.78. The second-order valence-electron chi connectivity index (χ2n) is 8.89. The molecule has 0 amide bonds. The number of nitrogens with zero attached hydrogens (tertiary/aromatic N) is 3. The minimum absolute atomic E-state index is 0.162. The fourth-order valence-electron chi connectivity index (χ4n) is 5.34. The molecule has 2 aliphatic heterocycles. The van der Waals surface area contributed by atoms with Crippen LogP contribution in [0, 0.1) is 5.92 Å². The first-order valence-corrected chi connectivity index (χ1v) is 10.8. The third-order valence-corrected chi connectivity index (χ3v) is 6.78. The SMILES string of the molecule is C[C@@H]1CCC[C@H](N2CCC(N[C@H]3CCCO[C@@H]3c3cnn(C)c3)CC2)C1. The van der Waals surface area contributed by atoms with Crippen LogP contribution in [0.25, 0.3) is 0 Å². The van der Waals surface area contributed by atoms with Crippen LogP contribution in [0.4, 0.5) is 0 Å². The molecule has 1 saturated carbocycles. The topological polar surface area (TPSA) is 42.3 Å². The van der Waals surface area contributed by atoms with Crippen molar-refractivity contribution in [2.75, 3.05) is 19.7 Å². The van der Waals surface area contributed by atoms with Crippen LogP contribution >= 0.6 is 0 Å². The molecular weight excluding hydrogens is 324 g/mol. The van der Waals surface area contributed by atoms with Gasteiger partial charge in [0.1, 0.15) is 6.10 Å². The summed E-state index contributed by atoms with van der Waals surface area (Å²) >= 11 is 0. The molecular formula is C21H36N4O. The zero-order chi connectivity index (χ0) is 17.9. The van der Waals surface area contributed by atoms with Gasteiger partial charge in [0.25, 0.3) is 0 Å². The Hall–Kier alpha value is -0.910. The summed E-state index contributed by atoms with van der Waals surface area (Å²) in [6.45, 7) is 5.83. The summed E-state index contributed by atoms with van der Waals surface area (Å²) in [5, 5.41) is 8.30. The van der Waals surface area contributed by atoms with Gasteiger partial charge in [-0.25, -0.2) is 0 Å². The van der Waals surface area contributed by atoms with E-state index in [1.807, 2.05) is 17.9 Å². The van der Waals surface area contributed by atoms with E-state index in [1.54, 1.807) is 0 Å². The molecule has 0 unspecified atom stereocenters. The van der Waals surface area contributed by atoms with Gasteiger partial charge in [-0.05, 0) is 57.5 Å². The van der Waals surface area contributed by atoms with Crippen LogP contribution in [-0.4, -0.2) is 52.5 Å². The Labute approximate surface area is 158 Å². The Kier molecular flexibility index (Phi) is 5.97. The molecule has 5 heteroatoms. The van der Waals surface area contributed by atoms with E-state index in [9.17, 15) is 0 Å². The van der Waals surface area contributed by atoms with Gasteiger partial charge >= 0.3 is 0 Å². The molecule has 26 heavy (non-hydrogen) atoms. The lowest BCUT2D eigenvalue weighted by molar-refractivity contribution is -0.0173. The highest BCUT2D eigenvalue weighted by molar-refractivity contribution is 5.12. The van der Waals surface area contributed by atoms with Crippen LogP contribution < -0.4 is 5.32 Å². The monoisotopic (exact) mass is 360 g/mol. The van der Waals surface area contributed by atoms with Gasteiger partial charge in [0.05, 0.1) is 6.20 Å². The molecule has 1 aromatic rings. The van der Waals surface area contributed by atoms with Gasteiger partial charge in [0.15, 0.2) is 0 Å². The van der Waals surface area contributed by atoms with Crippen molar-refractivity contribution in [2.45, 2.75) is 82.5 Å². The lowest BCUT2D eigenvalue weighted by atomic mass is 9.85. The summed E-state index contributed by atoms with van der Waals surface area (Å²) in [6.07, 6.45) is 14.9. The maximum Gasteiger partial charge on any atom is 0.101 e. The zero-order valence-electron chi connectivity index (χ0n) is 16.6. The van der Waals surface area contributed by atoms with Gasteiger partial charge in [0.2, 0.25) is 0 Å². The predicted octanol–water partition coefficient (Wildman–Crippen LogP) is 3.27. The van der Waals surface area contributed by atoms with Crippen molar-refractivity contribution in [3.8, 4) is 0 Å². The van der Waals surface area contributed by atoms with E-state index in [2.05, 4.69) is 28.4 Å². The number of likely N-dealkylation sites (tertiary alicyclic amines) is 1. The fraction of sp³-hybridized carbons (Fsp3) is 0.857. The van der Waals surface area contributed by atoms with Crippen LogP contribution in [0.1, 0.15) is 70.0 Å². The lowest BCUT2D eigenvalue weighted by Gasteiger charge is -2.42. The molecule has 0 spiro atoms. The van der Waals surface area contributed by atoms with Crippen molar-refractivity contribution in [3.05, 3.63) is 18.0 Å².